The number of ketones is 2. The highest BCUT2D eigenvalue weighted by Crippen LogP contribution is 2.35. The van der Waals surface area contributed by atoms with Crippen LogP contribution in [0.1, 0.15) is 32.0 Å². The lowest BCUT2D eigenvalue weighted by Gasteiger charge is -2.12. The average molecular weight is 329 g/mol. The van der Waals surface area contributed by atoms with Crippen molar-refractivity contribution in [3.05, 3.63) is 81.3 Å². The molecule has 0 spiro atoms. The third-order valence-corrected chi connectivity index (χ3v) is 4.79. The quantitative estimate of drug-likeness (QED) is 0.438. The molecule has 0 fully saturated rings. The fraction of sp³-hybridized carbons (Fsp3) is 0.0500. The van der Waals surface area contributed by atoms with E-state index < -0.39 is 0 Å². The summed E-state index contributed by atoms with van der Waals surface area (Å²) in [6.07, 6.45) is 0. The molecule has 0 radical (unpaired) electrons. The summed E-state index contributed by atoms with van der Waals surface area (Å²) in [5, 5.41) is 0.864. The van der Waals surface area contributed by atoms with Gasteiger partial charge in [0.2, 0.25) is 5.78 Å². The van der Waals surface area contributed by atoms with Crippen molar-refractivity contribution in [2.75, 3.05) is 0 Å². The molecule has 120 valence electrons. The number of rotatable bonds is 0. The molecule has 2 aromatic heterocycles. The molecule has 0 amide bonds. The van der Waals surface area contributed by atoms with Gasteiger partial charge in [0.1, 0.15) is 0 Å². The van der Waals surface area contributed by atoms with Gasteiger partial charge in [-0.15, -0.1) is 0 Å². The van der Waals surface area contributed by atoms with E-state index in [-0.39, 0.29) is 33.8 Å². The van der Waals surface area contributed by atoms with Crippen LogP contribution in [-0.2, 0) is 7.05 Å². The molecule has 5 heteroatoms. The molecule has 5 nitrogen and oxygen atoms in total. The molecule has 4 aromatic rings. The Morgan fingerprint density at radius 1 is 0.840 bits per heavy atom. The minimum absolute atomic E-state index is 0.0489. The Kier molecular flexibility index (Phi) is 2.53. The number of furan rings is 1. The molecule has 2 heterocycles. The second kappa shape index (κ2) is 4.54. The van der Waals surface area contributed by atoms with Gasteiger partial charge in [-0.25, -0.2) is 0 Å². The monoisotopic (exact) mass is 329 g/mol. The van der Waals surface area contributed by atoms with Crippen molar-refractivity contribution in [1.29, 1.82) is 0 Å². The predicted octanol–water partition coefficient (Wildman–Crippen LogP) is 3.06. The van der Waals surface area contributed by atoms with E-state index in [9.17, 15) is 14.4 Å². The van der Waals surface area contributed by atoms with Gasteiger partial charge in [-0.3, -0.25) is 14.4 Å². The molecule has 0 saturated carbocycles. The summed E-state index contributed by atoms with van der Waals surface area (Å²) in [4.78, 5) is 38.6. The Hall–Kier alpha value is -3.47. The summed E-state index contributed by atoms with van der Waals surface area (Å²) >= 11 is 0. The number of hydrogen-bond acceptors (Lipinski definition) is 4. The number of hydrogen-bond donors (Lipinski definition) is 0. The SMILES string of the molecule is Cn1c(=O)c2c3c(oc2c2ccccc21)C(=O)c1ccccc1C3=O. The zero-order valence-corrected chi connectivity index (χ0v) is 13.2. The molecule has 0 unspecified atom stereocenters. The van der Waals surface area contributed by atoms with Crippen LogP contribution in [0.2, 0.25) is 0 Å². The Morgan fingerprint density at radius 2 is 1.48 bits per heavy atom. The second-order valence-corrected chi connectivity index (χ2v) is 6.10. The maximum absolute atomic E-state index is 13.0. The van der Waals surface area contributed by atoms with E-state index in [0.717, 1.165) is 0 Å². The first-order chi connectivity index (χ1) is 12.1. The van der Waals surface area contributed by atoms with Crippen molar-refractivity contribution in [3.63, 3.8) is 0 Å². The normalized spacial score (nSPS) is 13.3. The number of aryl methyl sites for hydroxylation is 1. The van der Waals surface area contributed by atoms with E-state index in [1.807, 2.05) is 18.2 Å². The molecule has 0 N–H and O–H groups in total. The third-order valence-electron chi connectivity index (χ3n) is 4.79. The first-order valence-corrected chi connectivity index (χ1v) is 7.82. The van der Waals surface area contributed by atoms with Crippen LogP contribution in [0.4, 0.5) is 0 Å². The van der Waals surface area contributed by atoms with E-state index in [4.69, 9.17) is 4.42 Å². The first-order valence-electron chi connectivity index (χ1n) is 7.82. The summed E-state index contributed by atoms with van der Waals surface area (Å²) in [6.45, 7) is 0. The van der Waals surface area contributed by atoms with Gasteiger partial charge in [-0.1, -0.05) is 36.4 Å². The first kappa shape index (κ1) is 13.9. The molecule has 0 saturated heterocycles. The molecule has 25 heavy (non-hydrogen) atoms. The van der Waals surface area contributed by atoms with E-state index in [2.05, 4.69) is 0 Å². The molecule has 0 bridgehead atoms. The summed E-state index contributed by atoms with van der Waals surface area (Å²) in [5.74, 6) is -0.768. The molecule has 0 aliphatic heterocycles. The number of aromatic nitrogens is 1. The van der Waals surface area contributed by atoms with Crippen molar-refractivity contribution in [3.8, 4) is 0 Å². The predicted molar refractivity (Wildman–Crippen MR) is 92.3 cm³/mol. The minimum atomic E-state index is -0.368. The topological polar surface area (TPSA) is 69.3 Å². The number of pyridine rings is 1. The van der Waals surface area contributed by atoms with E-state index >= 15 is 0 Å². The highest BCUT2D eigenvalue weighted by atomic mass is 16.3. The Balaban J connectivity index is 2.02. The van der Waals surface area contributed by atoms with E-state index in [1.165, 1.54) is 4.57 Å². The lowest BCUT2D eigenvalue weighted by atomic mass is 9.87. The third kappa shape index (κ3) is 1.59. The van der Waals surface area contributed by atoms with Crippen LogP contribution in [0.3, 0.4) is 0 Å². The van der Waals surface area contributed by atoms with Crippen molar-refractivity contribution in [2.45, 2.75) is 0 Å². The Bertz CT molecular complexity index is 1310. The van der Waals surface area contributed by atoms with Crippen LogP contribution in [0.15, 0.2) is 57.7 Å². The fourth-order valence-electron chi connectivity index (χ4n) is 3.57. The van der Waals surface area contributed by atoms with Crippen LogP contribution < -0.4 is 5.56 Å². The van der Waals surface area contributed by atoms with Crippen molar-refractivity contribution in [2.24, 2.45) is 7.05 Å². The number of fused-ring (bicyclic) bond motifs is 6. The summed E-state index contributed by atoms with van der Waals surface area (Å²) in [6, 6.07) is 13.9. The van der Waals surface area contributed by atoms with Crippen molar-refractivity contribution in [1.82, 2.24) is 4.57 Å². The van der Waals surface area contributed by atoms with Gasteiger partial charge in [-0.2, -0.15) is 0 Å². The summed E-state index contributed by atoms with van der Waals surface area (Å²) in [7, 11) is 1.65. The lowest BCUT2D eigenvalue weighted by molar-refractivity contribution is 0.0962. The molecule has 1 aliphatic carbocycles. The zero-order chi connectivity index (χ0) is 17.3. The molecule has 1 aliphatic rings. The van der Waals surface area contributed by atoms with Gasteiger partial charge in [0.15, 0.2) is 17.1 Å². The van der Waals surface area contributed by atoms with Crippen molar-refractivity contribution >= 4 is 33.4 Å². The van der Waals surface area contributed by atoms with E-state index in [1.54, 1.807) is 37.4 Å². The number of para-hydroxylation sites is 1. The molecular weight excluding hydrogens is 318 g/mol. The second-order valence-electron chi connectivity index (χ2n) is 6.10. The molecular formula is C20H11NO4. The molecule has 2 aromatic carbocycles. The molecule has 0 atom stereocenters. The van der Waals surface area contributed by atoms with Gasteiger partial charge in [0, 0.05) is 23.6 Å². The summed E-state index contributed by atoms with van der Waals surface area (Å²) < 4.78 is 7.27. The average Bonchev–Trinajstić information content (AvgIpc) is 3.05. The standard InChI is InChI=1S/C20H11NO4/c1-21-13-9-5-4-8-12(13)18-15(20(21)24)14-16(22)10-6-2-3-7-11(10)17(23)19(14)25-18/h2-9H,1H3. The number of benzene rings is 2. The van der Waals surface area contributed by atoms with Crippen LogP contribution in [0, 0.1) is 0 Å². The van der Waals surface area contributed by atoms with Gasteiger partial charge in [-0.05, 0) is 12.1 Å². The number of nitrogens with zero attached hydrogens (tertiary/aromatic N) is 1. The smallest absolute Gasteiger partial charge is 0.262 e. The van der Waals surface area contributed by atoms with Gasteiger partial charge in [0.25, 0.3) is 5.56 Å². The Labute approximate surface area is 141 Å². The minimum Gasteiger partial charge on any atom is -0.451 e. The van der Waals surface area contributed by atoms with Crippen LogP contribution in [0.25, 0.3) is 21.9 Å². The largest absolute Gasteiger partial charge is 0.451 e. The highest BCUT2D eigenvalue weighted by molar-refractivity contribution is 6.32. The van der Waals surface area contributed by atoms with Crippen LogP contribution in [-0.4, -0.2) is 16.1 Å². The van der Waals surface area contributed by atoms with Gasteiger partial charge in [0.05, 0.1) is 16.5 Å². The molecule has 5 rings (SSSR count). The fourth-order valence-corrected chi connectivity index (χ4v) is 3.57. The van der Waals surface area contributed by atoms with Crippen LogP contribution in [0.5, 0.6) is 0 Å². The highest BCUT2D eigenvalue weighted by Gasteiger charge is 2.36. The maximum Gasteiger partial charge on any atom is 0.262 e. The van der Waals surface area contributed by atoms with Gasteiger partial charge >= 0.3 is 0 Å². The Morgan fingerprint density at radius 3 is 2.24 bits per heavy atom. The van der Waals surface area contributed by atoms with E-state index in [0.29, 0.717) is 27.6 Å². The number of carbonyl (C=O) groups is 2. The zero-order valence-electron chi connectivity index (χ0n) is 13.2. The number of carbonyl (C=O) groups excluding carboxylic acids is 2. The lowest BCUT2D eigenvalue weighted by Crippen LogP contribution is -2.23. The van der Waals surface area contributed by atoms with Gasteiger partial charge < -0.3 is 8.98 Å². The maximum atomic E-state index is 13.0. The summed E-state index contributed by atoms with van der Waals surface area (Å²) in [5.41, 5.74) is 1.31. The van der Waals surface area contributed by atoms with Crippen molar-refractivity contribution < 1.29 is 14.0 Å². The van der Waals surface area contributed by atoms with Crippen LogP contribution >= 0.6 is 0 Å².